The fraction of sp³-hybridized carbons (Fsp3) is 0.300. The Balaban J connectivity index is 1.13. The van der Waals surface area contributed by atoms with E-state index < -0.39 is 0 Å². The van der Waals surface area contributed by atoms with Gasteiger partial charge in [-0.25, -0.2) is 9.97 Å². The lowest BCUT2D eigenvalue weighted by Gasteiger charge is -2.26. The molecule has 1 saturated heterocycles. The van der Waals surface area contributed by atoms with Crippen molar-refractivity contribution < 1.29 is 18.7 Å². The molecule has 0 aliphatic carbocycles. The van der Waals surface area contributed by atoms with Crippen LogP contribution in [0.3, 0.4) is 0 Å². The molecule has 0 saturated carbocycles. The van der Waals surface area contributed by atoms with Gasteiger partial charge in [0.15, 0.2) is 0 Å². The van der Waals surface area contributed by atoms with Gasteiger partial charge in [0.05, 0.1) is 36.3 Å². The number of hydrogen-bond acceptors (Lipinski definition) is 9. The second-order valence-electron chi connectivity index (χ2n) is 9.42. The zero-order valence-electron chi connectivity index (χ0n) is 22.6. The number of carbonyl (C=O) groups excluding carboxylic acids is 1. The molecule has 2 aromatic heterocycles. The van der Waals surface area contributed by atoms with Gasteiger partial charge in [0.25, 0.3) is 0 Å². The molecule has 41 heavy (non-hydrogen) atoms. The molecule has 1 aliphatic heterocycles. The largest absolute Gasteiger partial charge is 0.487 e. The van der Waals surface area contributed by atoms with E-state index in [0.717, 1.165) is 72.9 Å². The molecule has 3 heterocycles. The molecule has 0 spiro atoms. The molecule has 0 unspecified atom stereocenters. The topological polar surface area (TPSA) is 102 Å². The molecule has 5 rings (SSSR count). The predicted molar refractivity (Wildman–Crippen MR) is 164 cm³/mol. The van der Waals surface area contributed by atoms with Crippen LogP contribution in [0.15, 0.2) is 77.9 Å². The minimum absolute atomic E-state index is 0.178. The number of aromatic nitrogens is 2. The van der Waals surface area contributed by atoms with E-state index in [2.05, 4.69) is 25.5 Å². The zero-order chi connectivity index (χ0) is 28.3. The van der Waals surface area contributed by atoms with Crippen LogP contribution in [0.5, 0.6) is 5.75 Å². The van der Waals surface area contributed by atoms with Gasteiger partial charge in [0, 0.05) is 47.2 Å². The van der Waals surface area contributed by atoms with Crippen LogP contribution in [0.2, 0.25) is 5.02 Å². The van der Waals surface area contributed by atoms with Crippen molar-refractivity contribution in [2.75, 3.05) is 55.0 Å². The summed E-state index contributed by atoms with van der Waals surface area (Å²) in [4.78, 5) is 23.7. The van der Waals surface area contributed by atoms with E-state index in [1.807, 2.05) is 48.2 Å². The van der Waals surface area contributed by atoms with Gasteiger partial charge in [-0.2, -0.15) is 11.8 Å². The quantitative estimate of drug-likeness (QED) is 0.140. The number of thioether (sulfide) groups is 1. The summed E-state index contributed by atoms with van der Waals surface area (Å²) in [5.74, 6) is 2.85. The lowest BCUT2D eigenvalue weighted by atomic mass is 10.2. The van der Waals surface area contributed by atoms with Crippen molar-refractivity contribution in [2.45, 2.75) is 13.0 Å². The first kappa shape index (κ1) is 28.9. The number of rotatable bonds is 13. The minimum atomic E-state index is -0.178. The van der Waals surface area contributed by atoms with Crippen molar-refractivity contribution in [3.8, 4) is 5.75 Å². The number of hydrogen-bond donors (Lipinski definition) is 2. The number of nitrogens with one attached hydrogen (secondary N) is 2. The van der Waals surface area contributed by atoms with E-state index in [0.29, 0.717) is 28.9 Å². The van der Waals surface area contributed by atoms with Crippen LogP contribution in [0.4, 0.5) is 17.2 Å². The predicted octanol–water partition coefficient (Wildman–Crippen LogP) is 6.15. The molecular weight excluding hydrogens is 562 g/mol. The molecule has 1 fully saturated rings. The van der Waals surface area contributed by atoms with Crippen LogP contribution in [0.25, 0.3) is 10.9 Å². The average Bonchev–Trinajstić information content (AvgIpc) is 3.51. The van der Waals surface area contributed by atoms with Crippen molar-refractivity contribution in [3.05, 3.63) is 84.1 Å². The lowest BCUT2D eigenvalue weighted by molar-refractivity contribution is -0.111. The Morgan fingerprint density at radius 1 is 1.12 bits per heavy atom. The Morgan fingerprint density at radius 3 is 2.83 bits per heavy atom. The molecule has 2 N–H and O–H groups in total. The fourth-order valence-corrected chi connectivity index (χ4v) is 5.27. The van der Waals surface area contributed by atoms with E-state index in [-0.39, 0.29) is 5.91 Å². The van der Waals surface area contributed by atoms with Gasteiger partial charge in [-0.05, 0) is 61.2 Å². The second kappa shape index (κ2) is 14.9. The van der Waals surface area contributed by atoms with E-state index in [1.165, 1.54) is 6.33 Å². The molecular formula is C30H32ClN5O4S. The maximum atomic E-state index is 12.5. The summed E-state index contributed by atoms with van der Waals surface area (Å²) in [7, 11) is 0. The number of anilines is 3. The molecule has 11 heteroatoms. The molecule has 4 aromatic rings. The van der Waals surface area contributed by atoms with Crippen LogP contribution < -0.4 is 15.4 Å². The molecule has 1 amide bonds. The van der Waals surface area contributed by atoms with Gasteiger partial charge < -0.3 is 24.5 Å². The number of nitrogens with zero attached hydrogens (tertiary/aromatic N) is 3. The first-order valence-corrected chi connectivity index (χ1v) is 15.0. The number of benzene rings is 2. The van der Waals surface area contributed by atoms with Gasteiger partial charge in [-0.15, -0.1) is 0 Å². The third-order valence-electron chi connectivity index (χ3n) is 6.42. The number of furan rings is 1. The number of carbonyl (C=O) groups is 1. The summed E-state index contributed by atoms with van der Waals surface area (Å²) in [6.07, 6.45) is 9.34. The van der Waals surface area contributed by atoms with Crippen LogP contribution in [0.1, 0.15) is 12.0 Å². The lowest BCUT2D eigenvalue weighted by Crippen LogP contribution is -2.36. The Labute approximate surface area is 248 Å². The highest BCUT2D eigenvalue weighted by Gasteiger charge is 2.10. The number of amides is 1. The minimum Gasteiger partial charge on any atom is -0.487 e. The maximum absolute atomic E-state index is 12.5. The smallest absolute Gasteiger partial charge is 0.248 e. The maximum Gasteiger partial charge on any atom is 0.248 e. The molecule has 214 valence electrons. The van der Waals surface area contributed by atoms with Gasteiger partial charge in [0.2, 0.25) is 5.91 Å². The Morgan fingerprint density at radius 2 is 2.00 bits per heavy atom. The summed E-state index contributed by atoms with van der Waals surface area (Å²) in [5, 5.41) is 7.46. The number of ether oxygens (including phenoxy) is 2. The Hall–Kier alpha value is -3.57. The molecule has 1 aliphatic rings. The van der Waals surface area contributed by atoms with E-state index in [1.54, 1.807) is 30.7 Å². The van der Waals surface area contributed by atoms with Crippen LogP contribution in [-0.2, 0) is 16.1 Å². The van der Waals surface area contributed by atoms with Gasteiger partial charge in [-0.1, -0.05) is 17.7 Å². The number of morpholine rings is 1. The van der Waals surface area contributed by atoms with Gasteiger partial charge >= 0.3 is 0 Å². The van der Waals surface area contributed by atoms with Gasteiger partial charge in [0.1, 0.15) is 24.5 Å². The van der Waals surface area contributed by atoms with E-state index in [9.17, 15) is 4.79 Å². The third-order valence-corrected chi connectivity index (χ3v) is 7.72. The summed E-state index contributed by atoms with van der Waals surface area (Å²) < 4.78 is 16.2. The molecule has 0 bridgehead atoms. The van der Waals surface area contributed by atoms with Crippen molar-refractivity contribution in [1.82, 2.24) is 14.9 Å². The summed E-state index contributed by atoms with van der Waals surface area (Å²) >= 11 is 8.29. The van der Waals surface area contributed by atoms with E-state index in [4.69, 9.17) is 25.5 Å². The van der Waals surface area contributed by atoms with Crippen molar-refractivity contribution >= 4 is 57.4 Å². The third kappa shape index (κ3) is 8.71. The van der Waals surface area contributed by atoms with E-state index >= 15 is 0 Å². The Kier molecular flexibility index (Phi) is 10.5. The van der Waals surface area contributed by atoms with Crippen LogP contribution in [0, 0.1) is 0 Å². The first-order valence-electron chi connectivity index (χ1n) is 13.4. The van der Waals surface area contributed by atoms with Crippen molar-refractivity contribution in [2.24, 2.45) is 0 Å². The Bertz CT molecular complexity index is 1460. The normalized spacial score (nSPS) is 14.0. The molecule has 2 aromatic carbocycles. The second-order valence-corrected chi connectivity index (χ2v) is 11.0. The fourth-order valence-electron chi connectivity index (χ4n) is 4.31. The number of fused-ring (bicyclic) bond motifs is 1. The summed E-state index contributed by atoms with van der Waals surface area (Å²) in [6, 6.07) is 12.8. The molecule has 0 radical (unpaired) electrons. The van der Waals surface area contributed by atoms with Crippen LogP contribution in [-0.4, -0.2) is 65.1 Å². The summed E-state index contributed by atoms with van der Waals surface area (Å²) in [5.41, 5.74) is 3.06. The monoisotopic (exact) mass is 593 g/mol. The molecule has 9 nitrogen and oxygen atoms in total. The van der Waals surface area contributed by atoms with Crippen LogP contribution >= 0.6 is 23.4 Å². The standard InChI is InChI=1S/C30H32ClN5O4S/c31-26-18-24(5-7-28(26)40-20-22-8-12-39-19-22)35-30-25-17-23(4-6-27(25)32-21-33-30)34-29(37)3-1-15-41-16-2-9-36-10-13-38-14-11-36/h1,3-8,12,17-19,21H,2,9-11,13-16,20H2,(H,34,37)(H,32,33,35). The highest BCUT2D eigenvalue weighted by molar-refractivity contribution is 7.99. The first-order chi connectivity index (χ1) is 20.1. The average molecular weight is 594 g/mol. The highest BCUT2D eigenvalue weighted by Crippen LogP contribution is 2.31. The van der Waals surface area contributed by atoms with Gasteiger partial charge in [-0.3, -0.25) is 9.69 Å². The van der Waals surface area contributed by atoms with Crippen molar-refractivity contribution in [1.29, 1.82) is 0 Å². The number of halogens is 1. The molecule has 0 atom stereocenters. The van der Waals surface area contributed by atoms with Crippen molar-refractivity contribution in [3.63, 3.8) is 0 Å². The highest BCUT2D eigenvalue weighted by atomic mass is 35.5. The zero-order valence-corrected chi connectivity index (χ0v) is 24.1. The SMILES string of the molecule is O=C(C=CCSCCCN1CCOCC1)Nc1ccc2ncnc(Nc3ccc(OCc4ccoc4)c(Cl)c3)c2c1. The summed E-state index contributed by atoms with van der Waals surface area (Å²) in [6.45, 7) is 5.17.